The Balaban J connectivity index is 1.99. The van der Waals surface area contributed by atoms with Crippen molar-refractivity contribution >= 4 is 5.91 Å². The molecule has 26 heavy (non-hydrogen) atoms. The van der Waals surface area contributed by atoms with Gasteiger partial charge in [-0.25, -0.2) is 0 Å². The lowest BCUT2D eigenvalue weighted by atomic mass is 9.97. The molecular formula is C20H22F3NO2. The first-order chi connectivity index (χ1) is 12.2. The van der Waals surface area contributed by atoms with Crippen LogP contribution in [0.3, 0.4) is 0 Å². The number of hydrogen-bond donors (Lipinski definition) is 1. The molecule has 2 rings (SSSR count). The third-order valence-corrected chi connectivity index (χ3v) is 4.08. The molecule has 0 saturated heterocycles. The average Bonchev–Trinajstić information content (AvgIpc) is 2.58. The van der Waals surface area contributed by atoms with E-state index in [1.807, 2.05) is 39.0 Å². The molecular weight excluding hydrogens is 343 g/mol. The van der Waals surface area contributed by atoms with Gasteiger partial charge in [-0.1, -0.05) is 36.8 Å². The summed E-state index contributed by atoms with van der Waals surface area (Å²) in [5, 5.41) is 2.87. The van der Waals surface area contributed by atoms with Crippen LogP contribution in [0.4, 0.5) is 13.2 Å². The molecule has 0 bridgehead atoms. The summed E-state index contributed by atoms with van der Waals surface area (Å²) >= 11 is 0. The van der Waals surface area contributed by atoms with E-state index in [0.29, 0.717) is 6.42 Å². The quantitative estimate of drug-likeness (QED) is 0.785. The maximum Gasteiger partial charge on any atom is 0.416 e. The Morgan fingerprint density at radius 1 is 1.15 bits per heavy atom. The summed E-state index contributed by atoms with van der Waals surface area (Å²) in [6.07, 6.45) is -3.75. The average molecular weight is 365 g/mol. The molecule has 0 aliphatic heterocycles. The van der Waals surface area contributed by atoms with E-state index >= 15 is 0 Å². The molecule has 2 aromatic carbocycles. The highest BCUT2D eigenvalue weighted by Crippen LogP contribution is 2.31. The Kier molecular flexibility index (Phi) is 6.29. The summed E-state index contributed by atoms with van der Waals surface area (Å²) in [6.45, 7) is 5.59. The number of nitrogens with one attached hydrogen (secondary N) is 1. The number of alkyl halides is 3. The molecule has 1 unspecified atom stereocenters. The highest BCUT2D eigenvalue weighted by molar-refractivity contribution is 5.78. The number of rotatable bonds is 6. The molecule has 140 valence electrons. The molecule has 2 aromatic rings. The van der Waals surface area contributed by atoms with E-state index in [2.05, 4.69) is 5.32 Å². The van der Waals surface area contributed by atoms with Crippen molar-refractivity contribution < 1.29 is 22.7 Å². The van der Waals surface area contributed by atoms with E-state index in [0.717, 1.165) is 28.8 Å². The minimum Gasteiger partial charge on any atom is -0.484 e. The van der Waals surface area contributed by atoms with Crippen molar-refractivity contribution in [3.8, 4) is 5.75 Å². The minimum absolute atomic E-state index is 0.00883. The second kappa shape index (κ2) is 8.25. The number of ether oxygens (including phenoxy) is 1. The summed E-state index contributed by atoms with van der Waals surface area (Å²) in [4.78, 5) is 12.2. The Labute approximate surface area is 151 Å². The second-order valence-electron chi connectivity index (χ2n) is 6.20. The largest absolute Gasteiger partial charge is 0.484 e. The summed E-state index contributed by atoms with van der Waals surface area (Å²) in [5.74, 6) is -0.372. The Hall–Kier alpha value is -2.50. The maximum atomic E-state index is 12.7. The molecule has 0 spiro atoms. The van der Waals surface area contributed by atoms with Gasteiger partial charge >= 0.3 is 6.18 Å². The van der Waals surface area contributed by atoms with Gasteiger partial charge in [-0.05, 0) is 49.6 Å². The van der Waals surface area contributed by atoms with Crippen molar-refractivity contribution in [3.63, 3.8) is 0 Å². The highest BCUT2D eigenvalue weighted by atomic mass is 19.4. The van der Waals surface area contributed by atoms with Crippen LogP contribution in [0.1, 0.15) is 41.6 Å². The van der Waals surface area contributed by atoms with Gasteiger partial charge in [-0.2, -0.15) is 13.2 Å². The number of halogens is 3. The van der Waals surface area contributed by atoms with Gasteiger partial charge in [0.1, 0.15) is 5.75 Å². The van der Waals surface area contributed by atoms with Crippen LogP contribution in [0.15, 0.2) is 42.5 Å². The molecule has 3 nitrogen and oxygen atoms in total. The van der Waals surface area contributed by atoms with Crippen molar-refractivity contribution in [2.45, 2.75) is 39.4 Å². The molecule has 6 heteroatoms. The van der Waals surface area contributed by atoms with Gasteiger partial charge in [0.2, 0.25) is 0 Å². The van der Waals surface area contributed by atoms with Crippen LogP contribution >= 0.6 is 0 Å². The maximum absolute atomic E-state index is 12.7. The van der Waals surface area contributed by atoms with Gasteiger partial charge in [0.15, 0.2) is 6.61 Å². The molecule has 1 amide bonds. The van der Waals surface area contributed by atoms with Crippen molar-refractivity contribution in [1.29, 1.82) is 0 Å². The molecule has 0 aliphatic carbocycles. The number of hydrogen-bond acceptors (Lipinski definition) is 2. The summed E-state index contributed by atoms with van der Waals surface area (Å²) in [7, 11) is 0. The van der Waals surface area contributed by atoms with Crippen molar-refractivity contribution in [2.24, 2.45) is 0 Å². The van der Waals surface area contributed by atoms with Crippen LogP contribution in [0, 0.1) is 13.8 Å². The monoisotopic (exact) mass is 365 g/mol. The number of carbonyl (C=O) groups excluding carboxylic acids is 1. The van der Waals surface area contributed by atoms with Crippen molar-refractivity contribution in [1.82, 2.24) is 5.32 Å². The first kappa shape index (κ1) is 19.8. The van der Waals surface area contributed by atoms with Crippen LogP contribution in [0.2, 0.25) is 0 Å². The summed E-state index contributed by atoms with van der Waals surface area (Å²) < 4.78 is 43.3. The van der Waals surface area contributed by atoms with Crippen LogP contribution in [-0.2, 0) is 11.0 Å². The molecule has 0 radical (unpaired) electrons. The van der Waals surface area contributed by atoms with Gasteiger partial charge < -0.3 is 10.1 Å². The molecule has 1 N–H and O–H groups in total. The van der Waals surface area contributed by atoms with Gasteiger partial charge in [-0.3, -0.25) is 4.79 Å². The fourth-order valence-electron chi connectivity index (χ4n) is 2.76. The van der Waals surface area contributed by atoms with E-state index in [4.69, 9.17) is 4.74 Å². The zero-order valence-electron chi connectivity index (χ0n) is 15.0. The van der Waals surface area contributed by atoms with E-state index < -0.39 is 11.7 Å². The third-order valence-electron chi connectivity index (χ3n) is 4.08. The standard InChI is InChI=1S/C20H22F3NO2/c1-4-18(17-9-8-13(2)10-14(17)3)24-19(25)12-26-16-7-5-6-15(11-16)20(21,22)23/h5-11,18H,4,12H2,1-3H3,(H,24,25). The lowest BCUT2D eigenvalue weighted by Crippen LogP contribution is -2.32. The van der Waals surface area contributed by atoms with E-state index in [1.54, 1.807) is 0 Å². The molecule has 0 saturated carbocycles. The van der Waals surface area contributed by atoms with E-state index in [9.17, 15) is 18.0 Å². The van der Waals surface area contributed by atoms with Crippen molar-refractivity contribution in [2.75, 3.05) is 6.61 Å². The van der Waals surface area contributed by atoms with Crippen LogP contribution < -0.4 is 10.1 Å². The number of aryl methyl sites for hydroxylation is 2. The topological polar surface area (TPSA) is 38.3 Å². The predicted octanol–water partition coefficient (Wildman–Crippen LogP) is 4.97. The van der Waals surface area contributed by atoms with Gasteiger partial charge in [0.25, 0.3) is 5.91 Å². The molecule has 0 fully saturated rings. The number of amides is 1. The zero-order chi connectivity index (χ0) is 19.3. The van der Waals surface area contributed by atoms with E-state index in [1.165, 1.54) is 12.1 Å². The lowest BCUT2D eigenvalue weighted by Gasteiger charge is -2.20. The SMILES string of the molecule is CCC(NC(=O)COc1cccc(C(F)(F)F)c1)c1ccc(C)cc1C. The van der Waals surface area contributed by atoms with Crippen LogP contribution in [0.25, 0.3) is 0 Å². The lowest BCUT2D eigenvalue weighted by molar-refractivity contribution is -0.137. The molecule has 1 atom stereocenters. The molecule has 0 heterocycles. The Morgan fingerprint density at radius 2 is 1.88 bits per heavy atom. The molecule has 0 aromatic heterocycles. The first-order valence-corrected chi connectivity index (χ1v) is 8.37. The number of carbonyl (C=O) groups is 1. The smallest absolute Gasteiger partial charge is 0.416 e. The van der Waals surface area contributed by atoms with Crippen LogP contribution in [0.5, 0.6) is 5.75 Å². The fourth-order valence-corrected chi connectivity index (χ4v) is 2.76. The van der Waals surface area contributed by atoms with Crippen molar-refractivity contribution in [3.05, 3.63) is 64.7 Å². The zero-order valence-corrected chi connectivity index (χ0v) is 15.0. The minimum atomic E-state index is -4.45. The first-order valence-electron chi connectivity index (χ1n) is 8.37. The highest BCUT2D eigenvalue weighted by Gasteiger charge is 2.30. The second-order valence-corrected chi connectivity index (χ2v) is 6.20. The fraction of sp³-hybridized carbons (Fsp3) is 0.350. The summed E-state index contributed by atoms with van der Waals surface area (Å²) in [5.41, 5.74) is 2.43. The normalized spacial score (nSPS) is 12.5. The predicted molar refractivity (Wildman–Crippen MR) is 94.0 cm³/mol. The Morgan fingerprint density at radius 3 is 2.50 bits per heavy atom. The molecule has 0 aliphatic rings. The van der Waals surface area contributed by atoms with Gasteiger partial charge in [0.05, 0.1) is 11.6 Å². The number of benzene rings is 2. The van der Waals surface area contributed by atoms with Gasteiger partial charge in [0, 0.05) is 0 Å². The van der Waals surface area contributed by atoms with E-state index in [-0.39, 0.29) is 24.3 Å². The Bertz CT molecular complexity index is 772. The third kappa shape index (κ3) is 5.25. The van der Waals surface area contributed by atoms with Gasteiger partial charge in [-0.15, -0.1) is 0 Å². The summed E-state index contributed by atoms with van der Waals surface area (Å²) in [6, 6.07) is 10.3. The van der Waals surface area contributed by atoms with Crippen LogP contribution in [-0.4, -0.2) is 12.5 Å².